The zero-order chi connectivity index (χ0) is 11.5. The summed E-state index contributed by atoms with van der Waals surface area (Å²) < 4.78 is 5.09. The number of amides is 1. The number of carbonyl (C=O) groups excluding carboxylic acids is 1. The number of alkyl halides is 1. The SMILES string of the molecule is COc1csc(C(=O)N(CCBr)C2CC2)c1. The van der Waals surface area contributed by atoms with Gasteiger partial charge in [-0.2, -0.15) is 0 Å². The summed E-state index contributed by atoms with van der Waals surface area (Å²) in [6.45, 7) is 0.781. The third kappa shape index (κ3) is 2.58. The van der Waals surface area contributed by atoms with Gasteiger partial charge in [-0.25, -0.2) is 0 Å². The number of nitrogens with zero attached hydrogens (tertiary/aromatic N) is 1. The highest BCUT2D eigenvalue weighted by molar-refractivity contribution is 9.09. The Morgan fingerprint density at radius 3 is 2.94 bits per heavy atom. The lowest BCUT2D eigenvalue weighted by Gasteiger charge is -2.20. The Hall–Kier alpha value is -0.550. The molecule has 0 aromatic carbocycles. The van der Waals surface area contributed by atoms with Gasteiger partial charge in [0.2, 0.25) is 0 Å². The van der Waals surface area contributed by atoms with Crippen LogP contribution in [-0.2, 0) is 0 Å². The highest BCUT2D eigenvalue weighted by atomic mass is 79.9. The first-order chi connectivity index (χ1) is 7.76. The van der Waals surface area contributed by atoms with Crippen molar-refractivity contribution in [2.24, 2.45) is 0 Å². The lowest BCUT2D eigenvalue weighted by Crippen LogP contribution is -2.34. The Morgan fingerprint density at radius 2 is 2.44 bits per heavy atom. The van der Waals surface area contributed by atoms with Gasteiger partial charge in [-0.1, -0.05) is 15.9 Å². The van der Waals surface area contributed by atoms with Gasteiger partial charge < -0.3 is 9.64 Å². The molecule has 3 nitrogen and oxygen atoms in total. The molecule has 1 aliphatic rings. The Balaban J connectivity index is 2.09. The van der Waals surface area contributed by atoms with Crippen LogP contribution in [-0.4, -0.2) is 35.8 Å². The molecule has 0 bridgehead atoms. The van der Waals surface area contributed by atoms with E-state index in [-0.39, 0.29) is 5.91 Å². The van der Waals surface area contributed by atoms with E-state index >= 15 is 0 Å². The van der Waals surface area contributed by atoms with E-state index in [1.54, 1.807) is 7.11 Å². The lowest BCUT2D eigenvalue weighted by molar-refractivity contribution is 0.0759. The first kappa shape index (κ1) is 11.9. The molecule has 1 fully saturated rings. The van der Waals surface area contributed by atoms with Gasteiger partial charge in [0.1, 0.15) is 5.75 Å². The second kappa shape index (κ2) is 5.19. The fourth-order valence-electron chi connectivity index (χ4n) is 1.61. The number of hydrogen-bond donors (Lipinski definition) is 0. The quantitative estimate of drug-likeness (QED) is 0.783. The smallest absolute Gasteiger partial charge is 0.264 e. The van der Waals surface area contributed by atoms with Crippen LogP contribution in [0, 0.1) is 0 Å². The molecule has 0 atom stereocenters. The van der Waals surface area contributed by atoms with Crippen molar-refractivity contribution in [1.82, 2.24) is 4.90 Å². The van der Waals surface area contributed by atoms with Gasteiger partial charge in [-0.05, 0) is 12.8 Å². The zero-order valence-corrected chi connectivity index (χ0v) is 11.5. The summed E-state index contributed by atoms with van der Waals surface area (Å²) in [5, 5.41) is 2.70. The molecular weight excluding hydrogens is 290 g/mol. The van der Waals surface area contributed by atoms with Crippen molar-refractivity contribution >= 4 is 33.2 Å². The van der Waals surface area contributed by atoms with Gasteiger partial charge >= 0.3 is 0 Å². The summed E-state index contributed by atoms with van der Waals surface area (Å²) in [5.41, 5.74) is 0. The Labute approximate surface area is 108 Å². The summed E-state index contributed by atoms with van der Waals surface area (Å²) >= 11 is 4.84. The Bertz CT molecular complexity index is 376. The van der Waals surface area contributed by atoms with E-state index in [0.29, 0.717) is 6.04 Å². The van der Waals surface area contributed by atoms with Crippen LogP contribution < -0.4 is 4.74 Å². The summed E-state index contributed by atoms with van der Waals surface area (Å²) in [4.78, 5) is 14.9. The molecule has 1 heterocycles. The van der Waals surface area contributed by atoms with E-state index in [0.717, 1.165) is 35.3 Å². The summed E-state index contributed by atoms with van der Waals surface area (Å²) in [6.07, 6.45) is 2.28. The van der Waals surface area contributed by atoms with Crippen molar-refractivity contribution in [2.45, 2.75) is 18.9 Å². The first-order valence-electron chi connectivity index (χ1n) is 5.25. The van der Waals surface area contributed by atoms with E-state index < -0.39 is 0 Å². The van der Waals surface area contributed by atoms with Crippen molar-refractivity contribution in [3.8, 4) is 5.75 Å². The maximum absolute atomic E-state index is 12.2. The van der Waals surface area contributed by atoms with E-state index in [4.69, 9.17) is 4.74 Å². The minimum atomic E-state index is 0.134. The molecule has 16 heavy (non-hydrogen) atoms. The molecule has 5 heteroatoms. The molecule has 0 unspecified atom stereocenters. The van der Waals surface area contributed by atoms with Crippen molar-refractivity contribution in [3.63, 3.8) is 0 Å². The highest BCUT2D eigenvalue weighted by Gasteiger charge is 2.33. The standard InChI is InChI=1S/C11H14BrNO2S/c1-15-9-6-10(16-7-9)11(14)13(5-4-12)8-2-3-8/h6-8H,2-5H2,1H3. The van der Waals surface area contributed by atoms with E-state index in [1.165, 1.54) is 11.3 Å². The molecule has 0 saturated heterocycles. The summed E-state index contributed by atoms with van der Waals surface area (Å²) in [5.74, 6) is 0.901. The number of methoxy groups -OCH3 is 1. The molecule has 1 aromatic rings. The monoisotopic (exact) mass is 303 g/mol. The van der Waals surface area contributed by atoms with Gasteiger partial charge in [-0.3, -0.25) is 4.79 Å². The van der Waals surface area contributed by atoms with Crippen LogP contribution >= 0.6 is 27.3 Å². The molecule has 1 aromatic heterocycles. The van der Waals surface area contributed by atoms with Crippen molar-refractivity contribution < 1.29 is 9.53 Å². The molecule has 0 spiro atoms. The lowest BCUT2D eigenvalue weighted by atomic mass is 10.3. The predicted octanol–water partition coefficient (Wildman–Crippen LogP) is 2.76. The summed E-state index contributed by atoms with van der Waals surface area (Å²) in [6, 6.07) is 2.27. The number of hydrogen-bond acceptors (Lipinski definition) is 3. The maximum Gasteiger partial charge on any atom is 0.264 e. The first-order valence-corrected chi connectivity index (χ1v) is 7.26. The zero-order valence-electron chi connectivity index (χ0n) is 9.11. The number of halogens is 1. The maximum atomic E-state index is 12.2. The van der Waals surface area contributed by atoms with Crippen molar-refractivity contribution in [2.75, 3.05) is 19.0 Å². The normalized spacial score (nSPS) is 14.9. The number of rotatable bonds is 5. The fourth-order valence-corrected chi connectivity index (χ4v) is 2.80. The number of thiophene rings is 1. The Kier molecular flexibility index (Phi) is 3.86. The van der Waals surface area contributed by atoms with Crippen LogP contribution in [0.2, 0.25) is 0 Å². The minimum absolute atomic E-state index is 0.134. The van der Waals surface area contributed by atoms with Crippen LogP contribution in [0.15, 0.2) is 11.4 Å². The third-order valence-corrected chi connectivity index (χ3v) is 3.85. The van der Waals surface area contributed by atoms with E-state index in [1.807, 2.05) is 16.3 Å². The van der Waals surface area contributed by atoms with E-state index in [2.05, 4.69) is 15.9 Å². The molecule has 0 aliphatic heterocycles. The molecule has 0 N–H and O–H groups in total. The fraction of sp³-hybridized carbons (Fsp3) is 0.545. The van der Waals surface area contributed by atoms with Gasteiger partial charge in [0, 0.05) is 29.4 Å². The molecule has 1 saturated carbocycles. The second-order valence-electron chi connectivity index (χ2n) is 3.77. The Morgan fingerprint density at radius 1 is 1.69 bits per heavy atom. The average Bonchev–Trinajstić information content (AvgIpc) is 3.02. The van der Waals surface area contributed by atoms with Crippen LogP contribution in [0.25, 0.3) is 0 Å². The van der Waals surface area contributed by atoms with Gasteiger partial charge in [0.05, 0.1) is 12.0 Å². The molecule has 1 amide bonds. The van der Waals surface area contributed by atoms with Crippen LogP contribution in [0.5, 0.6) is 5.75 Å². The van der Waals surface area contributed by atoms with Gasteiger partial charge in [0.15, 0.2) is 0 Å². The van der Waals surface area contributed by atoms with E-state index in [9.17, 15) is 4.79 Å². The van der Waals surface area contributed by atoms with Crippen LogP contribution in [0.3, 0.4) is 0 Å². The third-order valence-electron chi connectivity index (χ3n) is 2.60. The largest absolute Gasteiger partial charge is 0.496 e. The molecule has 88 valence electrons. The minimum Gasteiger partial charge on any atom is -0.496 e. The van der Waals surface area contributed by atoms with Crippen LogP contribution in [0.1, 0.15) is 22.5 Å². The van der Waals surface area contributed by atoms with Crippen molar-refractivity contribution in [1.29, 1.82) is 0 Å². The van der Waals surface area contributed by atoms with Gasteiger partial charge in [-0.15, -0.1) is 11.3 Å². The average molecular weight is 304 g/mol. The second-order valence-corrected chi connectivity index (χ2v) is 5.47. The van der Waals surface area contributed by atoms with Crippen molar-refractivity contribution in [3.05, 3.63) is 16.3 Å². The summed E-state index contributed by atoms with van der Waals surface area (Å²) in [7, 11) is 1.62. The van der Waals surface area contributed by atoms with Gasteiger partial charge in [0.25, 0.3) is 5.91 Å². The predicted molar refractivity (Wildman–Crippen MR) is 68.7 cm³/mol. The molecular formula is C11H14BrNO2S. The number of ether oxygens (including phenoxy) is 1. The topological polar surface area (TPSA) is 29.5 Å². The molecule has 2 rings (SSSR count). The van der Waals surface area contributed by atoms with Crippen LogP contribution in [0.4, 0.5) is 0 Å². The molecule has 1 aliphatic carbocycles. The number of carbonyl (C=O) groups is 1. The highest BCUT2D eigenvalue weighted by Crippen LogP contribution is 2.30. The molecule has 0 radical (unpaired) electrons.